The van der Waals surface area contributed by atoms with Gasteiger partial charge in [0.2, 0.25) is 0 Å². The lowest BCUT2D eigenvalue weighted by atomic mass is 10.2. The third-order valence-electron chi connectivity index (χ3n) is 3.20. The first-order valence-corrected chi connectivity index (χ1v) is 9.84. The van der Waals surface area contributed by atoms with Crippen LogP contribution in [0.2, 0.25) is 0 Å². The summed E-state index contributed by atoms with van der Waals surface area (Å²) in [6.45, 7) is 1.87. The molecule has 0 aliphatic carbocycles. The smallest absolute Gasteiger partial charge is 0.385 e. The van der Waals surface area contributed by atoms with Gasteiger partial charge >= 0.3 is 5.97 Å². The van der Waals surface area contributed by atoms with Crippen LogP contribution in [0.3, 0.4) is 0 Å². The quantitative estimate of drug-likeness (QED) is 0.223. The Balaban J connectivity index is 2.55. The average molecular weight is 479 g/mol. The van der Waals surface area contributed by atoms with Crippen molar-refractivity contribution in [2.45, 2.75) is 11.8 Å². The molecule has 0 radical (unpaired) electrons. The van der Waals surface area contributed by atoms with Crippen molar-refractivity contribution in [3.8, 4) is 23.8 Å². The SMILES string of the molecule is COC(=O)C#CC#CN(c1ccccc1I)S(=O)(=O)c1ccc(C)cc1. The van der Waals surface area contributed by atoms with Crippen LogP contribution >= 0.6 is 22.6 Å². The topological polar surface area (TPSA) is 63.7 Å². The minimum absolute atomic E-state index is 0.109. The fourth-order valence-corrected chi connectivity index (χ4v) is 3.96. The number of para-hydroxylation sites is 1. The molecule has 26 heavy (non-hydrogen) atoms. The van der Waals surface area contributed by atoms with Crippen molar-refractivity contribution >= 4 is 44.3 Å². The summed E-state index contributed by atoms with van der Waals surface area (Å²) >= 11 is 2.03. The van der Waals surface area contributed by atoms with E-state index >= 15 is 0 Å². The Bertz CT molecular complexity index is 1040. The van der Waals surface area contributed by atoms with E-state index in [0.29, 0.717) is 9.26 Å². The van der Waals surface area contributed by atoms with E-state index in [9.17, 15) is 13.2 Å². The number of hydrogen-bond acceptors (Lipinski definition) is 4. The minimum atomic E-state index is -3.93. The molecular formula is C19H14INO4S. The zero-order chi connectivity index (χ0) is 19.2. The number of methoxy groups -OCH3 is 1. The van der Waals surface area contributed by atoms with Crippen LogP contribution in [0.25, 0.3) is 0 Å². The van der Waals surface area contributed by atoms with Gasteiger partial charge in [0.25, 0.3) is 10.0 Å². The molecule has 0 fully saturated rings. The fraction of sp³-hybridized carbons (Fsp3) is 0.105. The number of nitrogens with zero attached hydrogens (tertiary/aromatic N) is 1. The van der Waals surface area contributed by atoms with Gasteiger partial charge in [0.1, 0.15) is 0 Å². The molecule has 0 unspecified atom stereocenters. The first-order valence-electron chi connectivity index (χ1n) is 7.32. The molecule has 0 saturated carbocycles. The van der Waals surface area contributed by atoms with Crippen molar-refractivity contribution in [3.05, 3.63) is 57.7 Å². The number of aryl methyl sites for hydroxylation is 1. The molecule has 0 atom stereocenters. The highest BCUT2D eigenvalue weighted by molar-refractivity contribution is 14.1. The van der Waals surface area contributed by atoms with Crippen LogP contribution in [0.1, 0.15) is 5.56 Å². The van der Waals surface area contributed by atoms with Gasteiger partial charge in [-0.25, -0.2) is 13.2 Å². The Labute approximate surface area is 166 Å². The van der Waals surface area contributed by atoms with Crippen LogP contribution in [-0.4, -0.2) is 21.5 Å². The van der Waals surface area contributed by atoms with Crippen molar-refractivity contribution < 1.29 is 17.9 Å². The van der Waals surface area contributed by atoms with Crippen LogP contribution in [0.15, 0.2) is 53.4 Å². The van der Waals surface area contributed by atoms with Gasteiger partial charge < -0.3 is 4.74 Å². The Kier molecular flexibility index (Phi) is 6.67. The molecule has 0 aromatic heterocycles. The number of rotatable bonds is 3. The van der Waals surface area contributed by atoms with E-state index in [1.165, 1.54) is 19.2 Å². The molecule has 0 amide bonds. The average Bonchev–Trinajstić information content (AvgIpc) is 2.62. The lowest BCUT2D eigenvalue weighted by molar-refractivity contribution is -0.133. The van der Waals surface area contributed by atoms with Gasteiger partial charge in [-0.05, 0) is 59.7 Å². The van der Waals surface area contributed by atoms with E-state index in [4.69, 9.17) is 0 Å². The van der Waals surface area contributed by atoms with E-state index in [2.05, 4.69) is 28.5 Å². The predicted molar refractivity (Wildman–Crippen MR) is 108 cm³/mol. The monoisotopic (exact) mass is 479 g/mol. The Hall–Kier alpha value is -2.49. The molecule has 2 rings (SSSR count). The summed E-state index contributed by atoms with van der Waals surface area (Å²) in [5.41, 5.74) is 1.35. The number of ether oxygens (including phenoxy) is 1. The van der Waals surface area contributed by atoms with Gasteiger partial charge in [0.05, 0.1) is 17.7 Å². The first kappa shape index (κ1) is 19.8. The van der Waals surface area contributed by atoms with E-state index in [-0.39, 0.29) is 4.90 Å². The lowest BCUT2D eigenvalue weighted by Gasteiger charge is -2.19. The Morgan fingerprint density at radius 1 is 1.08 bits per heavy atom. The number of sulfonamides is 1. The highest BCUT2D eigenvalue weighted by atomic mass is 127. The number of benzene rings is 2. The largest absolute Gasteiger partial charge is 0.459 e. The molecule has 7 heteroatoms. The third kappa shape index (κ3) is 4.78. The molecule has 2 aromatic rings. The summed E-state index contributed by atoms with van der Waals surface area (Å²) < 4.78 is 32.2. The molecular weight excluding hydrogens is 465 g/mol. The molecule has 0 spiro atoms. The van der Waals surface area contributed by atoms with Gasteiger partial charge in [-0.2, -0.15) is 4.31 Å². The number of esters is 1. The summed E-state index contributed by atoms with van der Waals surface area (Å²) in [6.07, 6.45) is 0. The van der Waals surface area contributed by atoms with Gasteiger partial charge in [0, 0.05) is 21.5 Å². The highest BCUT2D eigenvalue weighted by Crippen LogP contribution is 2.27. The first-order chi connectivity index (χ1) is 12.4. The highest BCUT2D eigenvalue weighted by Gasteiger charge is 2.25. The maximum Gasteiger partial charge on any atom is 0.385 e. The van der Waals surface area contributed by atoms with Crippen LogP contribution in [0, 0.1) is 34.3 Å². The molecule has 0 aliphatic rings. The second-order valence-corrected chi connectivity index (χ2v) is 7.96. The molecule has 0 bridgehead atoms. The molecule has 132 valence electrons. The minimum Gasteiger partial charge on any atom is -0.459 e. The molecule has 0 heterocycles. The number of carbonyl (C=O) groups excluding carboxylic acids is 1. The zero-order valence-corrected chi connectivity index (χ0v) is 17.0. The van der Waals surface area contributed by atoms with E-state index in [0.717, 1.165) is 9.87 Å². The number of halogens is 1. The summed E-state index contributed by atoms with van der Waals surface area (Å²) in [5.74, 6) is 6.09. The standard InChI is InChI=1S/C19H14INO4S/c1-15-10-12-16(13-11-15)26(23,24)21(14-6-5-9-19(22)25-2)18-8-4-3-7-17(18)20/h3-4,7-8,10-13H,1-2H3. The number of anilines is 1. The van der Waals surface area contributed by atoms with Crippen LogP contribution in [0.4, 0.5) is 5.69 Å². The molecule has 0 aliphatic heterocycles. The van der Waals surface area contributed by atoms with Crippen LogP contribution in [-0.2, 0) is 19.6 Å². The van der Waals surface area contributed by atoms with Crippen LogP contribution in [0.5, 0.6) is 0 Å². The van der Waals surface area contributed by atoms with Gasteiger partial charge in [-0.15, -0.1) is 0 Å². The Morgan fingerprint density at radius 2 is 1.73 bits per heavy atom. The number of carbonyl (C=O) groups is 1. The van der Waals surface area contributed by atoms with Gasteiger partial charge in [-0.1, -0.05) is 29.8 Å². The van der Waals surface area contributed by atoms with E-state index < -0.39 is 16.0 Å². The predicted octanol–water partition coefficient (Wildman–Crippen LogP) is 2.93. The molecule has 5 nitrogen and oxygen atoms in total. The maximum atomic E-state index is 13.1. The van der Waals surface area contributed by atoms with Gasteiger partial charge in [0.15, 0.2) is 0 Å². The number of hydrogen-bond donors (Lipinski definition) is 0. The second-order valence-electron chi connectivity index (χ2n) is 5.01. The van der Waals surface area contributed by atoms with Crippen molar-refractivity contribution in [3.63, 3.8) is 0 Å². The summed E-state index contributed by atoms with van der Waals surface area (Å²) in [6, 6.07) is 15.9. The summed E-state index contributed by atoms with van der Waals surface area (Å²) in [7, 11) is -2.73. The van der Waals surface area contributed by atoms with Crippen molar-refractivity contribution in [1.29, 1.82) is 0 Å². The van der Waals surface area contributed by atoms with Crippen molar-refractivity contribution in [2.24, 2.45) is 0 Å². The molecule has 0 saturated heterocycles. The van der Waals surface area contributed by atoms with Crippen LogP contribution < -0.4 is 4.31 Å². The maximum absolute atomic E-state index is 13.1. The fourth-order valence-electron chi connectivity index (χ4n) is 1.89. The van der Waals surface area contributed by atoms with E-state index in [1.54, 1.807) is 36.4 Å². The third-order valence-corrected chi connectivity index (χ3v) is 5.75. The van der Waals surface area contributed by atoms with Crippen molar-refractivity contribution in [1.82, 2.24) is 0 Å². The normalized spacial score (nSPS) is 9.96. The summed E-state index contributed by atoms with van der Waals surface area (Å²) in [4.78, 5) is 11.1. The van der Waals surface area contributed by atoms with E-state index in [1.807, 2.05) is 29.5 Å². The second kappa shape index (κ2) is 8.75. The summed E-state index contributed by atoms with van der Waals surface area (Å²) in [5, 5.41) is 0. The Morgan fingerprint density at radius 3 is 2.35 bits per heavy atom. The van der Waals surface area contributed by atoms with Gasteiger partial charge in [-0.3, -0.25) is 0 Å². The molecule has 2 aromatic carbocycles. The lowest BCUT2D eigenvalue weighted by Crippen LogP contribution is -2.27. The zero-order valence-electron chi connectivity index (χ0n) is 14.0. The molecule has 0 N–H and O–H groups in total. The van der Waals surface area contributed by atoms with Crippen molar-refractivity contribution in [2.75, 3.05) is 11.4 Å².